The lowest BCUT2D eigenvalue weighted by atomic mass is 10.2. The molecule has 7 heteroatoms. The SMILES string of the molecule is CCN(Cc1ccccc1)C(=O)COC(=O)CSc1cnc2ccccc2n1. The van der Waals surface area contributed by atoms with Crippen molar-refractivity contribution in [1.29, 1.82) is 0 Å². The molecule has 0 N–H and O–H groups in total. The molecule has 2 aromatic carbocycles. The highest BCUT2D eigenvalue weighted by Gasteiger charge is 2.15. The Hall–Kier alpha value is -2.93. The van der Waals surface area contributed by atoms with Gasteiger partial charge >= 0.3 is 5.97 Å². The second-order valence-corrected chi connectivity index (χ2v) is 7.04. The van der Waals surface area contributed by atoms with E-state index in [0.717, 1.165) is 16.6 Å². The van der Waals surface area contributed by atoms with E-state index < -0.39 is 5.97 Å². The third kappa shape index (κ3) is 5.53. The molecule has 0 unspecified atom stereocenters. The summed E-state index contributed by atoms with van der Waals surface area (Å²) in [6, 6.07) is 17.3. The second-order valence-electron chi connectivity index (χ2n) is 6.04. The molecule has 3 rings (SSSR count). The quantitative estimate of drug-likeness (QED) is 0.430. The Morgan fingerprint density at radius 3 is 2.50 bits per heavy atom. The molecule has 0 atom stereocenters. The number of hydrogen-bond donors (Lipinski definition) is 0. The second kappa shape index (κ2) is 9.85. The van der Waals surface area contributed by atoms with Crippen molar-refractivity contribution < 1.29 is 14.3 Å². The first kappa shape index (κ1) is 19.8. The van der Waals surface area contributed by atoms with Crippen LogP contribution in [0.3, 0.4) is 0 Å². The zero-order chi connectivity index (χ0) is 19.8. The molecule has 0 aliphatic rings. The minimum atomic E-state index is -0.455. The summed E-state index contributed by atoms with van der Waals surface area (Å²) >= 11 is 1.24. The van der Waals surface area contributed by atoms with Crippen molar-refractivity contribution in [3.63, 3.8) is 0 Å². The number of nitrogens with zero attached hydrogens (tertiary/aromatic N) is 3. The van der Waals surface area contributed by atoms with Crippen LogP contribution in [0.4, 0.5) is 0 Å². The van der Waals surface area contributed by atoms with Gasteiger partial charge in [0.25, 0.3) is 5.91 Å². The third-order valence-electron chi connectivity index (χ3n) is 4.07. The van der Waals surface area contributed by atoms with E-state index in [1.165, 1.54) is 11.8 Å². The number of likely N-dealkylation sites (N-methyl/N-ethyl adjacent to an activating group) is 1. The summed E-state index contributed by atoms with van der Waals surface area (Å²) in [4.78, 5) is 34.7. The molecule has 144 valence electrons. The lowest BCUT2D eigenvalue weighted by molar-refractivity contribution is -0.150. The Bertz CT molecular complexity index is 950. The number of ether oxygens (including phenoxy) is 1. The zero-order valence-corrected chi connectivity index (χ0v) is 16.4. The number of para-hydroxylation sites is 2. The van der Waals surface area contributed by atoms with Gasteiger partial charge in [-0.1, -0.05) is 54.2 Å². The Kier molecular flexibility index (Phi) is 6.97. The molecular weight excluding hydrogens is 374 g/mol. The standard InChI is InChI=1S/C21H21N3O3S/c1-2-24(13-16-8-4-3-5-9-16)20(25)14-27-21(26)15-28-19-12-22-17-10-6-7-11-18(17)23-19/h3-12H,2,13-15H2,1H3. The fraction of sp³-hybridized carbons (Fsp3) is 0.238. The van der Waals surface area contributed by atoms with Gasteiger partial charge in [-0.15, -0.1) is 0 Å². The van der Waals surface area contributed by atoms with Crippen LogP contribution >= 0.6 is 11.8 Å². The van der Waals surface area contributed by atoms with E-state index in [1.54, 1.807) is 11.1 Å². The normalized spacial score (nSPS) is 10.6. The number of esters is 1. The summed E-state index contributed by atoms with van der Waals surface area (Å²) in [5.74, 6) is -0.593. The van der Waals surface area contributed by atoms with Gasteiger partial charge in [0.15, 0.2) is 6.61 Å². The van der Waals surface area contributed by atoms with Gasteiger partial charge in [-0.05, 0) is 24.6 Å². The molecule has 0 saturated carbocycles. The Labute approximate surface area is 167 Å². The number of carbonyl (C=O) groups is 2. The molecule has 0 aliphatic heterocycles. The van der Waals surface area contributed by atoms with Crippen LogP contribution in [0.2, 0.25) is 0 Å². The van der Waals surface area contributed by atoms with E-state index in [0.29, 0.717) is 18.1 Å². The molecule has 0 radical (unpaired) electrons. The smallest absolute Gasteiger partial charge is 0.316 e. The molecule has 0 aliphatic carbocycles. The van der Waals surface area contributed by atoms with Crippen LogP contribution in [0.15, 0.2) is 65.8 Å². The maximum absolute atomic E-state index is 12.3. The average Bonchev–Trinajstić information content (AvgIpc) is 2.75. The minimum Gasteiger partial charge on any atom is -0.455 e. The zero-order valence-electron chi connectivity index (χ0n) is 15.6. The molecule has 0 spiro atoms. The third-order valence-corrected chi connectivity index (χ3v) is 4.94. The molecular formula is C21H21N3O3S. The number of carbonyl (C=O) groups excluding carboxylic acids is 2. The predicted octanol–water partition coefficient (Wildman–Crippen LogP) is 3.31. The molecule has 1 aromatic heterocycles. The van der Waals surface area contributed by atoms with Gasteiger partial charge < -0.3 is 9.64 Å². The number of rotatable bonds is 8. The van der Waals surface area contributed by atoms with E-state index in [2.05, 4.69) is 9.97 Å². The summed E-state index contributed by atoms with van der Waals surface area (Å²) in [7, 11) is 0. The number of aromatic nitrogens is 2. The van der Waals surface area contributed by atoms with Gasteiger partial charge in [-0.2, -0.15) is 0 Å². The van der Waals surface area contributed by atoms with Crippen molar-refractivity contribution in [3.8, 4) is 0 Å². The van der Waals surface area contributed by atoms with Crippen molar-refractivity contribution in [2.75, 3.05) is 18.9 Å². The van der Waals surface area contributed by atoms with Crippen LogP contribution in [0.25, 0.3) is 11.0 Å². The van der Waals surface area contributed by atoms with Crippen molar-refractivity contribution >= 4 is 34.7 Å². The molecule has 6 nitrogen and oxygen atoms in total. The van der Waals surface area contributed by atoms with E-state index >= 15 is 0 Å². The van der Waals surface area contributed by atoms with Crippen molar-refractivity contribution in [2.45, 2.75) is 18.5 Å². The fourth-order valence-corrected chi connectivity index (χ4v) is 3.24. The Balaban J connectivity index is 1.46. The average molecular weight is 395 g/mol. The minimum absolute atomic E-state index is 0.0745. The van der Waals surface area contributed by atoms with Crippen LogP contribution in [-0.2, 0) is 20.9 Å². The molecule has 1 amide bonds. The Morgan fingerprint density at radius 2 is 1.75 bits per heavy atom. The molecule has 3 aromatic rings. The maximum Gasteiger partial charge on any atom is 0.316 e. The van der Waals surface area contributed by atoms with Gasteiger partial charge in [0.1, 0.15) is 5.03 Å². The lowest BCUT2D eigenvalue weighted by Gasteiger charge is -2.20. The van der Waals surface area contributed by atoms with Crippen LogP contribution in [0.5, 0.6) is 0 Å². The van der Waals surface area contributed by atoms with E-state index in [1.807, 2.05) is 61.5 Å². The van der Waals surface area contributed by atoms with E-state index in [-0.39, 0.29) is 18.3 Å². The maximum atomic E-state index is 12.3. The molecule has 28 heavy (non-hydrogen) atoms. The van der Waals surface area contributed by atoms with Crippen LogP contribution in [0, 0.1) is 0 Å². The first-order chi connectivity index (χ1) is 13.7. The monoisotopic (exact) mass is 395 g/mol. The highest BCUT2D eigenvalue weighted by Crippen LogP contribution is 2.17. The van der Waals surface area contributed by atoms with E-state index in [9.17, 15) is 9.59 Å². The number of hydrogen-bond acceptors (Lipinski definition) is 6. The number of amides is 1. The van der Waals surface area contributed by atoms with Crippen LogP contribution in [-0.4, -0.2) is 45.6 Å². The molecule has 0 bridgehead atoms. The number of thioether (sulfide) groups is 1. The first-order valence-electron chi connectivity index (χ1n) is 8.97. The first-order valence-corrected chi connectivity index (χ1v) is 9.96. The van der Waals surface area contributed by atoms with Crippen molar-refractivity contribution in [3.05, 3.63) is 66.4 Å². The number of benzene rings is 2. The summed E-state index contributed by atoms with van der Waals surface area (Å²) in [5.41, 5.74) is 2.61. The largest absolute Gasteiger partial charge is 0.455 e. The van der Waals surface area contributed by atoms with Gasteiger partial charge in [-0.3, -0.25) is 14.6 Å². The fourth-order valence-electron chi connectivity index (χ4n) is 2.60. The molecule has 0 saturated heterocycles. The molecule has 0 fully saturated rings. The summed E-state index contributed by atoms with van der Waals surface area (Å²) in [6.07, 6.45) is 1.63. The number of fused-ring (bicyclic) bond motifs is 1. The van der Waals surface area contributed by atoms with Gasteiger partial charge in [-0.25, -0.2) is 4.98 Å². The topological polar surface area (TPSA) is 72.4 Å². The van der Waals surface area contributed by atoms with Gasteiger partial charge in [0, 0.05) is 13.1 Å². The Morgan fingerprint density at radius 1 is 1.04 bits per heavy atom. The van der Waals surface area contributed by atoms with Crippen molar-refractivity contribution in [2.24, 2.45) is 0 Å². The lowest BCUT2D eigenvalue weighted by Crippen LogP contribution is -2.34. The van der Waals surface area contributed by atoms with Crippen LogP contribution < -0.4 is 0 Å². The summed E-state index contributed by atoms with van der Waals surface area (Å²) < 4.78 is 5.13. The molecule has 1 heterocycles. The van der Waals surface area contributed by atoms with Gasteiger partial charge in [0.05, 0.1) is 23.0 Å². The predicted molar refractivity (Wildman–Crippen MR) is 109 cm³/mol. The summed E-state index contributed by atoms with van der Waals surface area (Å²) in [6.45, 7) is 2.68. The van der Waals surface area contributed by atoms with Crippen LogP contribution in [0.1, 0.15) is 12.5 Å². The van der Waals surface area contributed by atoms with Crippen molar-refractivity contribution in [1.82, 2.24) is 14.9 Å². The summed E-state index contributed by atoms with van der Waals surface area (Å²) in [5, 5.41) is 0.640. The van der Waals surface area contributed by atoms with E-state index in [4.69, 9.17) is 4.74 Å². The highest BCUT2D eigenvalue weighted by molar-refractivity contribution is 7.99. The highest BCUT2D eigenvalue weighted by atomic mass is 32.2. The van der Waals surface area contributed by atoms with Gasteiger partial charge in [0.2, 0.25) is 0 Å².